The Balaban J connectivity index is 1.85. The molecule has 1 unspecified atom stereocenters. The number of nitrogens with one attached hydrogen (secondary N) is 2. The van der Waals surface area contributed by atoms with Gasteiger partial charge in [0.05, 0.1) is 29.9 Å². The summed E-state index contributed by atoms with van der Waals surface area (Å²) in [6.45, 7) is 4.20. The first-order valence-corrected chi connectivity index (χ1v) is 9.60. The van der Waals surface area contributed by atoms with Gasteiger partial charge in [0.1, 0.15) is 6.23 Å². The molecule has 9 heteroatoms. The standard InChI is InChI=1S/C20H24N6O3/c1-13-6-7-15(11-22-13)19(27)24-16-12-26(17-5-3-4-10-29-17)25-18(16)20(28)23-14(2)8-9-21/h6-7,11-12,14,17H,3-5,8,10H2,1-2H3,(H,23,28)(H,24,27)/t14-,17?/m1/s1. The minimum absolute atomic E-state index is 0.0809. The molecule has 29 heavy (non-hydrogen) atoms. The molecular weight excluding hydrogens is 372 g/mol. The Morgan fingerprint density at radius 2 is 2.21 bits per heavy atom. The number of carbonyl (C=O) groups is 2. The van der Waals surface area contributed by atoms with Crippen molar-refractivity contribution in [2.24, 2.45) is 0 Å². The number of ether oxygens (including phenoxy) is 1. The zero-order valence-electron chi connectivity index (χ0n) is 16.5. The van der Waals surface area contributed by atoms with Crippen molar-refractivity contribution in [3.8, 4) is 6.07 Å². The number of nitriles is 1. The Labute approximate surface area is 169 Å². The van der Waals surface area contributed by atoms with E-state index in [1.165, 1.54) is 6.20 Å². The minimum Gasteiger partial charge on any atom is -0.357 e. The van der Waals surface area contributed by atoms with Crippen molar-refractivity contribution in [1.29, 1.82) is 5.26 Å². The van der Waals surface area contributed by atoms with Gasteiger partial charge in [-0.3, -0.25) is 14.6 Å². The van der Waals surface area contributed by atoms with Gasteiger partial charge in [0.2, 0.25) is 0 Å². The quantitative estimate of drug-likeness (QED) is 0.774. The Morgan fingerprint density at radius 1 is 1.38 bits per heavy atom. The molecule has 0 aliphatic carbocycles. The lowest BCUT2D eigenvalue weighted by Crippen LogP contribution is -2.33. The van der Waals surface area contributed by atoms with Gasteiger partial charge in [-0.1, -0.05) is 0 Å². The zero-order valence-corrected chi connectivity index (χ0v) is 16.5. The lowest BCUT2D eigenvalue weighted by atomic mass is 10.2. The number of nitrogens with zero attached hydrogens (tertiary/aromatic N) is 4. The van der Waals surface area contributed by atoms with Crippen molar-refractivity contribution in [3.63, 3.8) is 0 Å². The lowest BCUT2D eigenvalue weighted by molar-refractivity contribution is -0.0395. The third-order valence-electron chi connectivity index (χ3n) is 4.59. The first-order chi connectivity index (χ1) is 14.0. The third kappa shape index (κ3) is 5.18. The summed E-state index contributed by atoms with van der Waals surface area (Å²) in [5.41, 5.74) is 1.54. The molecule has 0 radical (unpaired) electrons. The van der Waals surface area contributed by atoms with Crippen molar-refractivity contribution in [2.45, 2.75) is 51.8 Å². The highest BCUT2D eigenvalue weighted by Gasteiger charge is 2.24. The van der Waals surface area contributed by atoms with Crippen LogP contribution < -0.4 is 10.6 Å². The average molecular weight is 396 g/mol. The van der Waals surface area contributed by atoms with Gasteiger partial charge in [-0.15, -0.1) is 0 Å². The van der Waals surface area contributed by atoms with Crippen LogP contribution in [0, 0.1) is 18.3 Å². The van der Waals surface area contributed by atoms with E-state index in [1.807, 2.05) is 13.0 Å². The van der Waals surface area contributed by atoms with Crippen LogP contribution in [0.1, 0.15) is 65.4 Å². The fourth-order valence-corrected chi connectivity index (χ4v) is 3.01. The maximum atomic E-state index is 12.7. The van der Waals surface area contributed by atoms with E-state index >= 15 is 0 Å². The van der Waals surface area contributed by atoms with Crippen LogP contribution in [-0.2, 0) is 4.74 Å². The molecule has 2 atom stereocenters. The Bertz CT molecular complexity index is 909. The number of hydrogen-bond acceptors (Lipinski definition) is 6. The largest absolute Gasteiger partial charge is 0.357 e. The van der Waals surface area contributed by atoms with E-state index in [0.29, 0.717) is 12.2 Å². The summed E-state index contributed by atoms with van der Waals surface area (Å²) in [6.07, 6.45) is 5.76. The number of carbonyl (C=O) groups excluding carboxylic acids is 2. The number of hydrogen-bond donors (Lipinski definition) is 2. The van der Waals surface area contributed by atoms with Crippen LogP contribution in [0.4, 0.5) is 5.69 Å². The highest BCUT2D eigenvalue weighted by atomic mass is 16.5. The summed E-state index contributed by atoms with van der Waals surface area (Å²) in [5, 5.41) is 18.7. The number of amides is 2. The number of anilines is 1. The lowest BCUT2D eigenvalue weighted by Gasteiger charge is -2.22. The van der Waals surface area contributed by atoms with E-state index in [2.05, 4.69) is 20.7 Å². The first-order valence-electron chi connectivity index (χ1n) is 9.60. The maximum absolute atomic E-state index is 12.7. The van der Waals surface area contributed by atoms with Crippen LogP contribution in [0.2, 0.25) is 0 Å². The second-order valence-electron chi connectivity index (χ2n) is 7.07. The van der Waals surface area contributed by atoms with Crippen molar-refractivity contribution in [2.75, 3.05) is 11.9 Å². The Kier molecular flexibility index (Phi) is 6.57. The zero-order chi connectivity index (χ0) is 20.8. The number of rotatable bonds is 6. The molecule has 0 aromatic carbocycles. The fourth-order valence-electron chi connectivity index (χ4n) is 3.01. The second kappa shape index (κ2) is 9.30. The average Bonchev–Trinajstić information content (AvgIpc) is 3.13. The van der Waals surface area contributed by atoms with Crippen LogP contribution >= 0.6 is 0 Å². The van der Waals surface area contributed by atoms with Crippen LogP contribution in [0.25, 0.3) is 0 Å². The molecule has 1 aliphatic heterocycles. The van der Waals surface area contributed by atoms with Gasteiger partial charge in [-0.05, 0) is 45.2 Å². The van der Waals surface area contributed by atoms with E-state index in [-0.39, 0.29) is 36.0 Å². The van der Waals surface area contributed by atoms with E-state index in [9.17, 15) is 9.59 Å². The predicted molar refractivity (Wildman–Crippen MR) is 105 cm³/mol. The van der Waals surface area contributed by atoms with E-state index in [1.54, 1.807) is 29.9 Å². The molecule has 3 heterocycles. The minimum atomic E-state index is -0.459. The molecule has 152 valence electrons. The summed E-state index contributed by atoms with van der Waals surface area (Å²) in [4.78, 5) is 29.5. The number of aromatic nitrogens is 3. The molecule has 2 amide bonds. The monoisotopic (exact) mass is 396 g/mol. The van der Waals surface area contributed by atoms with Crippen LogP contribution in [0.15, 0.2) is 24.5 Å². The SMILES string of the molecule is Cc1ccc(C(=O)Nc2cn(C3CCCCO3)nc2C(=O)N[C@H](C)CC#N)cn1. The topological polar surface area (TPSA) is 122 Å². The Hall–Kier alpha value is -3.25. The maximum Gasteiger partial charge on any atom is 0.274 e. The van der Waals surface area contributed by atoms with Crippen molar-refractivity contribution < 1.29 is 14.3 Å². The molecule has 1 saturated heterocycles. The van der Waals surface area contributed by atoms with Crippen molar-refractivity contribution in [1.82, 2.24) is 20.1 Å². The molecule has 3 rings (SSSR count). The van der Waals surface area contributed by atoms with Gasteiger partial charge in [-0.25, -0.2) is 4.68 Å². The van der Waals surface area contributed by atoms with Crippen LogP contribution in [0.3, 0.4) is 0 Å². The van der Waals surface area contributed by atoms with Crippen molar-refractivity contribution >= 4 is 17.5 Å². The molecular formula is C20H24N6O3. The molecule has 0 saturated carbocycles. The predicted octanol–water partition coefficient (Wildman–Crippen LogP) is 2.57. The molecule has 0 spiro atoms. The number of pyridine rings is 1. The molecule has 9 nitrogen and oxygen atoms in total. The number of aryl methyl sites for hydroxylation is 1. The van der Waals surface area contributed by atoms with Crippen LogP contribution in [0.5, 0.6) is 0 Å². The fraction of sp³-hybridized carbons (Fsp3) is 0.450. The van der Waals surface area contributed by atoms with Gasteiger partial charge in [-0.2, -0.15) is 10.4 Å². The molecule has 2 aromatic rings. The summed E-state index contributed by atoms with van der Waals surface area (Å²) in [7, 11) is 0. The van der Waals surface area contributed by atoms with Gasteiger partial charge in [0, 0.05) is 24.5 Å². The van der Waals surface area contributed by atoms with Gasteiger partial charge in [0.15, 0.2) is 5.69 Å². The van der Waals surface area contributed by atoms with Crippen LogP contribution in [-0.4, -0.2) is 39.2 Å². The summed E-state index contributed by atoms with van der Waals surface area (Å²) in [6, 6.07) is 5.09. The third-order valence-corrected chi connectivity index (χ3v) is 4.59. The van der Waals surface area contributed by atoms with Gasteiger partial charge in [0.25, 0.3) is 11.8 Å². The second-order valence-corrected chi connectivity index (χ2v) is 7.07. The molecule has 1 fully saturated rings. The molecule has 0 bridgehead atoms. The highest BCUT2D eigenvalue weighted by Crippen LogP contribution is 2.25. The molecule has 2 aromatic heterocycles. The Morgan fingerprint density at radius 3 is 2.86 bits per heavy atom. The first kappa shape index (κ1) is 20.5. The highest BCUT2D eigenvalue weighted by molar-refractivity contribution is 6.08. The van der Waals surface area contributed by atoms with Gasteiger partial charge >= 0.3 is 0 Å². The van der Waals surface area contributed by atoms with E-state index in [4.69, 9.17) is 10.00 Å². The van der Waals surface area contributed by atoms with E-state index < -0.39 is 5.91 Å². The summed E-state index contributed by atoms with van der Waals surface area (Å²) in [5.74, 6) is -0.847. The molecule has 1 aliphatic rings. The smallest absolute Gasteiger partial charge is 0.274 e. The van der Waals surface area contributed by atoms with Gasteiger partial charge < -0.3 is 15.4 Å². The summed E-state index contributed by atoms with van der Waals surface area (Å²) >= 11 is 0. The summed E-state index contributed by atoms with van der Waals surface area (Å²) < 4.78 is 7.31. The molecule has 2 N–H and O–H groups in total. The van der Waals surface area contributed by atoms with Crippen molar-refractivity contribution in [3.05, 3.63) is 41.5 Å². The normalized spacial score (nSPS) is 17.2. The van der Waals surface area contributed by atoms with E-state index in [0.717, 1.165) is 25.0 Å².